The number of hydrogen-bond acceptors (Lipinski definition) is 3. The molecule has 1 rings (SSSR count). The summed E-state index contributed by atoms with van der Waals surface area (Å²) in [5.74, 6) is 0. The molecule has 0 heterocycles. The zero-order valence-corrected chi connectivity index (χ0v) is 11.9. The molecule has 1 aromatic rings. The predicted molar refractivity (Wildman–Crippen MR) is 67.3 cm³/mol. The van der Waals surface area contributed by atoms with Crippen molar-refractivity contribution in [1.82, 2.24) is 0 Å². The Morgan fingerprint density at radius 2 is 1.75 bits per heavy atom. The molecule has 5 heteroatoms. The summed E-state index contributed by atoms with van der Waals surface area (Å²) in [6.45, 7) is 5.33. The first-order chi connectivity index (χ1) is 7.27. The van der Waals surface area contributed by atoms with Crippen molar-refractivity contribution in [2.75, 3.05) is 5.33 Å². The molecule has 16 heavy (non-hydrogen) atoms. The lowest BCUT2D eigenvalue weighted by atomic mass is 10.2. The van der Waals surface area contributed by atoms with Crippen molar-refractivity contribution in [3.05, 3.63) is 29.8 Å². The third-order valence-electron chi connectivity index (χ3n) is 1.97. The standard InChI is InChI=1S/C11H15BrO3S/c1-9-4-6-10(7-5-9)16(13,14)15-11(2,3)8-12/h4-7H,8H2,1-3H3. The summed E-state index contributed by atoms with van der Waals surface area (Å²) >= 11 is 3.22. The van der Waals surface area contributed by atoms with E-state index in [0.717, 1.165) is 5.56 Å². The van der Waals surface area contributed by atoms with Gasteiger partial charge in [0.25, 0.3) is 10.1 Å². The number of alkyl halides is 1. The van der Waals surface area contributed by atoms with Crippen LogP contribution in [0, 0.1) is 6.92 Å². The lowest BCUT2D eigenvalue weighted by Crippen LogP contribution is -2.29. The van der Waals surface area contributed by atoms with E-state index in [9.17, 15) is 8.42 Å². The van der Waals surface area contributed by atoms with Crippen LogP contribution >= 0.6 is 15.9 Å². The van der Waals surface area contributed by atoms with Gasteiger partial charge in [0.05, 0.1) is 10.5 Å². The Morgan fingerprint density at radius 3 is 2.19 bits per heavy atom. The van der Waals surface area contributed by atoms with Gasteiger partial charge in [0.15, 0.2) is 0 Å². The van der Waals surface area contributed by atoms with Crippen LogP contribution in [0.3, 0.4) is 0 Å². The van der Waals surface area contributed by atoms with Gasteiger partial charge in [-0.05, 0) is 32.9 Å². The van der Waals surface area contributed by atoms with Crippen molar-refractivity contribution in [2.24, 2.45) is 0 Å². The Hall–Kier alpha value is -0.390. The number of halogens is 1. The highest BCUT2D eigenvalue weighted by molar-refractivity contribution is 9.09. The van der Waals surface area contributed by atoms with Gasteiger partial charge in [-0.25, -0.2) is 0 Å². The van der Waals surface area contributed by atoms with E-state index >= 15 is 0 Å². The van der Waals surface area contributed by atoms with Crippen molar-refractivity contribution in [2.45, 2.75) is 31.3 Å². The Bertz CT molecular complexity index is 449. The van der Waals surface area contributed by atoms with Crippen molar-refractivity contribution in [1.29, 1.82) is 0 Å². The minimum absolute atomic E-state index is 0.187. The first-order valence-electron chi connectivity index (χ1n) is 4.85. The molecule has 0 aliphatic carbocycles. The van der Waals surface area contributed by atoms with Gasteiger partial charge in [0.1, 0.15) is 0 Å². The van der Waals surface area contributed by atoms with Crippen LogP contribution in [0.1, 0.15) is 19.4 Å². The van der Waals surface area contributed by atoms with Gasteiger partial charge < -0.3 is 0 Å². The lowest BCUT2D eigenvalue weighted by Gasteiger charge is -2.21. The SMILES string of the molecule is Cc1ccc(S(=O)(=O)OC(C)(C)CBr)cc1. The topological polar surface area (TPSA) is 43.4 Å². The molecule has 0 amide bonds. The molecule has 0 saturated heterocycles. The molecule has 0 saturated carbocycles. The number of hydrogen-bond donors (Lipinski definition) is 0. The summed E-state index contributed by atoms with van der Waals surface area (Å²) in [6, 6.07) is 6.60. The molecule has 0 unspecified atom stereocenters. The predicted octanol–water partition coefficient (Wildman–Crippen LogP) is 2.87. The maximum atomic E-state index is 11.9. The molecule has 0 aromatic heterocycles. The maximum absolute atomic E-state index is 11.9. The molecule has 0 fully saturated rings. The van der Waals surface area contributed by atoms with E-state index in [2.05, 4.69) is 15.9 Å². The second-order valence-corrected chi connectivity index (χ2v) is 6.35. The molecule has 0 bridgehead atoms. The molecule has 0 atom stereocenters. The van der Waals surface area contributed by atoms with Crippen LogP contribution in [0.4, 0.5) is 0 Å². The number of rotatable bonds is 4. The van der Waals surface area contributed by atoms with Crippen molar-refractivity contribution < 1.29 is 12.6 Å². The fourth-order valence-electron chi connectivity index (χ4n) is 1.07. The average Bonchev–Trinajstić information content (AvgIpc) is 2.17. The largest absolute Gasteiger partial charge is 0.297 e. The second-order valence-electron chi connectivity index (χ2n) is 4.24. The number of benzene rings is 1. The smallest absolute Gasteiger partial charge is 0.259 e. The highest BCUT2D eigenvalue weighted by atomic mass is 79.9. The zero-order chi connectivity index (χ0) is 12.4. The van der Waals surface area contributed by atoms with Crippen LogP contribution in [-0.4, -0.2) is 19.3 Å². The first-order valence-corrected chi connectivity index (χ1v) is 7.38. The van der Waals surface area contributed by atoms with Gasteiger partial charge in [-0.1, -0.05) is 33.6 Å². The van der Waals surface area contributed by atoms with Gasteiger partial charge >= 0.3 is 0 Å². The Balaban J connectivity index is 2.99. The molecule has 0 N–H and O–H groups in total. The first kappa shape index (κ1) is 13.7. The van der Waals surface area contributed by atoms with E-state index in [1.54, 1.807) is 38.1 Å². The Kier molecular flexibility index (Phi) is 4.15. The van der Waals surface area contributed by atoms with E-state index in [1.165, 1.54) is 0 Å². The minimum atomic E-state index is -3.68. The van der Waals surface area contributed by atoms with Crippen LogP contribution in [0.2, 0.25) is 0 Å². The molecule has 0 spiro atoms. The van der Waals surface area contributed by atoms with Crippen LogP contribution in [-0.2, 0) is 14.3 Å². The van der Waals surface area contributed by atoms with E-state index in [4.69, 9.17) is 4.18 Å². The van der Waals surface area contributed by atoms with Crippen molar-refractivity contribution >= 4 is 26.0 Å². The lowest BCUT2D eigenvalue weighted by molar-refractivity contribution is 0.146. The van der Waals surface area contributed by atoms with Crippen LogP contribution < -0.4 is 0 Å². The van der Waals surface area contributed by atoms with Crippen LogP contribution in [0.25, 0.3) is 0 Å². The summed E-state index contributed by atoms with van der Waals surface area (Å²) in [5, 5.41) is 0.449. The number of aryl methyl sites for hydroxylation is 1. The van der Waals surface area contributed by atoms with Gasteiger partial charge in [-0.15, -0.1) is 0 Å². The molecule has 90 valence electrons. The molecular formula is C11H15BrO3S. The second kappa shape index (κ2) is 4.85. The third-order valence-corrected chi connectivity index (χ3v) is 4.84. The van der Waals surface area contributed by atoms with E-state index in [0.29, 0.717) is 5.33 Å². The Labute approximate surface area is 105 Å². The van der Waals surface area contributed by atoms with Gasteiger partial charge in [-0.2, -0.15) is 8.42 Å². The van der Waals surface area contributed by atoms with Gasteiger partial charge in [0.2, 0.25) is 0 Å². The van der Waals surface area contributed by atoms with Crippen LogP contribution in [0.5, 0.6) is 0 Å². The van der Waals surface area contributed by atoms with Gasteiger partial charge in [0, 0.05) is 5.33 Å². The van der Waals surface area contributed by atoms with E-state index in [1.807, 2.05) is 6.92 Å². The molecular weight excluding hydrogens is 292 g/mol. The third kappa shape index (κ3) is 3.57. The van der Waals surface area contributed by atoms with E-state index < -0.39 is 15.7 Å². The molecule has 0 aliphatic rings. The summed E-state index contributed by atoms with van der Waals surface area (Å²) in [7, 11) is -3.68. The average molecular weight is 307 g/mol. The zero-order valence-electron chi connectivity index (χ0n) is 9.53. The summed E-state index contributed by atoms with van der Waals surface area (Å²) in [4.78, 5) is 0.187. The molecule has 0 radical (unpaired) electrons. The normalized spacial score (nSPS) is 12.8. The maximum Gasteiger partial charge on any atom is 0.297 e. The highest BCUT2D eigenvalue weighted by Crippen LogP contribution is 2.21. The summed E-state index contributed by atoms with van der Waals surface area (Å²) < 4.78 is 28.9. The highest BCUT2D eigenvalue weighted by Gasteiger charge is 2.26. The van der Waals surface area contributed by atoms with Crippen LogP contribution in [0.15, 0.2) is 29.2 Å². The summed E-state index contributed by atoms with van der Waals surface area (Å²) in [5.41, 5.74) is 0.266. The van der Waals surface area contributed by atoms with E-state index in [-0.39, 0.29) is 4.90 Å². The monoisotopic (exact) mass is 306 g/mol. The van der Waals surface area contributed by atoms with Gasteiger partial charge in [-0.3, -0.25) is 4.18 Å². The Morgan fingerprint density at radius 1 is 1.25 bits per heavy atom. The van der Waals surface area contributed by atoms with Crippen molar-refractivity contribution in [3.8, 4) is 0 Å². The quantitative estimate of drug-likeness (QED) is 0.634. The van der Waals surface area contributed by atoms with Crippen molar-refractivity contribution in [3.63, 3.8) is 0 Å². The fourth-order valence-corrected chi connectivity index (χ4v) is 2.56. The summed E-state index contributed by atoms with van der Waals surface area (Å²) in [6.07, 6.45) is 0. The molecule has 1 aromatic carbocycles. The minimum Gasteiger partial charge on any atom is -0.259 e. The molecule has 3 nitrogen and oxygen atoms in total. The fraction of sp³-hybridized carbons (Fsp3) is 0.455. The molecule has 0 aliphatic heterocycles.